The monoisotopic (exact) mass is 301 g/mol. The van der Waals surface area contributed by atoms with Crippen LogP contribution < -0.4 is 16.8 Å². The Labute approximate surface area is 128 Å². The molecule has 2 rings (SSSR count). The SMILES string of the molecule is NC(=O)CCn1ccc(NC(=O)CC(N)c2ccccc2)n1. The lowest BCUT2D eigenvalue weighted by Gasteiger charge is -2.11. The molecule has 1 atom stereocenters. The fraction of sp³-hybridized carbons (Fsp3) is 0.267. The molecule has 7 heteroatoms. The Kier molecular flexibility index (Phi) is 5.26. The zero-order valence-electron chi connectivity index (χ0n) is 12.1. The average Bonchev–Trinajstić information content (AvgIpc) is 2.93. The third kappa shape index (κ3) is 4.71. The van der Waals surface area contributed by atoms with E-state index >= 15 is 0 Å². The van der Waals surface area contributed by atoms with E-state index in [1.165, 1.54) is 0 Å². The predicted octanol–water partition coefficient (Wildman–Crippen LogP) is 0.787. The molecule has 0 fully saturated rings. The summed E-state index contributed by atoms with van der Waals surface area (Å²) in [5.41, 5.74) is 12.0. The van der Waals surface area contributed by atoms with Gasteiger partial charge in [0, 0.05) is 37.7 Å². The van der Waals surface area contributed by atoms with E-state index in [-0.39, 0.29) is 24.8 Å². The molecule has 0 saturated carbocycles. The van der Waals surface area contributed by atoms with Gasteiger partial charge in [0.15, 0.2) is 5.82 Å². The van der Waals surface area contributed by atoms with Crippen molar-refractivity contribution in [3.05, 3.63) is 48.2 Å². The number of nitrogens with one attached hydrogen (secondary N) is 1. The first-order valence-electron chi connectivity index (χ1n) is 6.97. The maximum absolute atomic E-state index is 12.0. The molecule has 0 bridgehead atoms. The van der Waals surface area contributed by atoms with Crippen LogP contribution in [0.25, 0.3) is 0 Å². The van der Waals surface area contributed by atoms with Crippen molar-refractivity contribution in [2.45, 2.75) is 25.4 Å². The number of aromatic nitrogens is 2. The van der Waals surface area contributed by atoms with Crippen molar-refractivity contribution in [2.24, 2.45) is 11.5 Å². The Morgan fingerprint density at radius 2 is 1.95 bits per heavy atom. The minimum absolute atomic E-state index is 0.165. The van der Waals surface area contributed by atoms with E-state index in [0.29, 0.717) is 12.4 Å². The summed E-state index contributed by atoms with van der Waals surface area (Å²) < 4.78 is 1.55. The van der Waals surface area contributed by atoms with E-state index in [1.807, 2.05) is 30.3 Å². The maximum atomic E-state index is 12.0. The molecule has 1 unspecified atom stereocenters. The second kappa shape index (κ2) is 7.37. The van der Waals surface area contributed by atoms with Gasteiger partial charge in [-0.25, -0.2) is 0 Å². The first kappa shape index (κ1) is 15.7. The topological polar surface area (TPSA) is 116 Å². The second-order valence-corrected chi connectivity index (χ2v) is 4.95. The van der Waals surface area contributed by atoms with Crippen LogP contribution in [-0.4, -0.2) is 21.6 Å². The van der Waals surface area contributed by atoms with Crippen molar-refractivity contribution in [1.29, 1.82) is 0 Å². The van der Waals surface area contributed by atoms with Crippen molar-refractivity contribution in [1.82, 2.24) is 9.78 Å². The van der Waals surface area contributed by atoms with Crippen LogP contribution in [0.15, 0.2) is 42.6 Å². The van der Waals surface area contributed by atoms with Crippen LogP contribution >= 0.6 is 0 Å². The molecule has 22 heavy (non-hydrogen) atoms. The van der Waals surface area contributed by atoms with Gasteiger partial charge in [0.05, 0.1) is 0 Å². The van der Waals surface area contributed by atoms with Crippen LogP contribution in [0, 0.1) is 0 Å². The summed E-state index contributed by atoms with van der Waals surface area (Å²) in [7, 11) is 0. The third-order valence-corrected chi connectivity index (χ3v) is 3.13. The van der Waals surface area contributed by atoms with E-state index in [2.05, 4.69) is 10.4 Å². The molecule has 1 heterocycles. The minimum atomic E-state index is -0.394. The molecule has 0 spiro atoms. The van der Waals surface area contributed by atoms with Gasteiger partial charge in [0.1, 0.15) is 0 Å². The highest BCUT2D eigenvalue weighted by Crippen LogP contribution is 2.14. The number of amides is 2. The molecule has 0 aliphatic rings. The van der Waals surface area contributed by atoms with Crippen molar-refractivity contribution >= 4 is 17.6 Å². The van der Waals surface area contributed by atoms with E-state index in [4.69, 9.17) is 11.5 Å². The number of nitrogens with two attached hydrogens (primary N) is 2. The lowest BCUT2D eigenvalue weighted by molar-refractivity contribution is -0.118. The lowest BCUT2D eigenvalue weighted by Crippen LogP contribution is -2.21. The zero-order chi connectivity index (χ0) is 15.9. The van der Waals surface area contributed by atoms with Gasteiger partial charge in [-0.3, -0.25) is 14.3 Å². The summed E-state index contributed by atoms with van der Waals surface area (Å²) in [5.74, 6) is -0.179. The molecule has 2 amide bonds. The van der Waals surface area contributed by atoms with Crippen LogP contribution in [0.5, 0.6) is 0 Å². The summed E-state index contributed by atoms with van der Waals surface area (Å²) in [5, 5.41) is 6.82. The van der Waals surface area contributed by atoms with Crippen molar-refractivity contribution < 1.29 is 9.59 Å². The van der Waals surface area contributed by atoms with Crippen LogP contribution in [0.1, 0.15) is 24.4 Å². The van der Waals surface area contributed by atoms with E-state index in [0.717, 1.165) is 5.56 Å². The van der Waals surface area contributed by atoms with Crippen LogP contribution in [0.4, 0.5) is 5.82 Å². The summed E-state index contributed by atoms with van der Waals surface area (Å²) in [6, 6.07) is 10.7. The normalized spacial score (nSPS) is 11.9. The highest BCUT2D eigenvalue weighted by atomic mass is 16.2. The fourth-order valence-electron chi connectivity index (χ4n) is 1.99. The van der Waals surface area contributed by atoms with E-state index < -0.39 is 5.91 Å². The zero-order valence-corrected chi connectivity index (χ0v) is 12.1. The highest BCUT2D eigenvalue weighted by molar-refractivity contribution is 5.90. The number of carbonyl (C=O) groups excluding carboxylic acids is 2. The quantitative estimate of drug-likeness (QED) is 0.701. The number of anilines is 1. The molecule has 0 saturated heterocycles. The summed E-state index contributed by atoms with van der Waals surface area (Å²) >= 11 is 0. The van der Waals surface area contributed by atoms with Crippen LogP contribution in [-0.2, 0) is 16.1 Å². The summed E-state index contributed by atoms with van der Waals surface area (Å²) in [4.78, 5) is 22.7. The van der Waals surface area contributed by atoms with Gasteiger partial charge in [-0.1, -0.05) is 30.3 Å². The molecule has 1 aromatic heterocycles. The summed E-state index contributed by atoms with van der Waals surface area (Å²) in [6.45, 7) is 0.384. The standard InChI is InChI=1S/C15H19N5O2/c16-12(11-4-2-1-3-5-11)10-15(22)18-14-7-9-20(19-14)8-6-13(17)21/h1-5,7,9,12H,6,8,10,16H2,(H2,17,21)(H,18,19,22). The maximum Gasteiger partial charge on any atom is 0.227 e. The Hall–Kier alpha value is -2.67. The molecular weight excluding hydrogens is 282 g/mol. The first-order valence-corrected chi connectivity index (χ1v) is 6.97. The number of hydrogen-bond acceptors (Lipinski definition) is 4. The summed E-state index contributed by atoms with van der Waals surface area (Å²) in [6.07, 6.45) is 2.04. The Balaban J connectivity index is 1.85. The largest absolute Gasteiger partial charge is 0.370 e. The molecular formula is C15H19N5O2. The number of aryl methyl sites for hydroxylation is 1. The Morgan fingerprint density at radius 3 is 2.64 bits per heavy atom. The Morgan fingerprint density at radius 1 is 1.23 bits per heavy atom. The minimum Gasteiger partial charge on any atom is -0.370 e. The van der Waals surface area contributed by atoms with Gasteiger partial charge in [-0.05, 0) is 5.56 Å². The first-order chi connectivity index (χ1) is 10.5. The number of rotatable bonds is 7. The van der Waals surface area contributed by atoms with Gasteiger partial charge in [0.25, 0.3) is 0 Å². The van der Waals surface area contributed by atoms with Gasteiger partial charge in [-0.15, -0.1) is 0 Å². The van der Waals surface area contributed by atoms with Gasteiger partial charge in [0.2, 0.25) is 11.8 Å². The molecule has 0 radical (unpaired) electrons. The van der Waals surface area contributed by atoms with Crippen molar-refractivity contribution in [3.8, 4) is 0 Å². The molecule has 5 N–H and O–H groups in total. The molecule has 2 aromatic rings. The number of hydrogen-bond donors (Lipinski definition) is 3. The van der Waals surface area contributed by atoms with Gasteiger partial charge < -0.3 is 16.8 Å². The average molecular weight is 301 g/mol. The van der Waals surface area contributed by atoms with Crippen molar-refractivity contribution in [3.63, 3.8) is 0 Å². The number of benzene rings is 1. The third-order valence-electron chi connectivity index (χ3n) is 3.13. The molecule has 0 aliphatic carbocycles. The molecule has 7 nitrogen and oxygen atoms in total. The second-order valence-electron chi connectivity index (χ2n) is 4.95. The van der Waals surface area contributed by atoms with E-state index in [9.17, 15) is 9.59 Å². The fourth-order valence-corrected chi connectivity index (χ4v) is 1.99. The number of primary amides is 1. The smallest absolute Gasteiger partial charge is 0.227 e. The van der Waals surface area contributed by atoms with E-state index in [1.54, 1.807) is 16.9 Å². The number of nitrogens with zero attached hydrogens (tertiary/aromatic N) is 2. The van der Waals surface area contributed by atoms with Crippen molar-refractivity contribution in [2.75, 3.05) is 5.32 Å². The van der Waals surface area contributed by atoms with Gasteiger partial charge >= 0.3 is 0 Å². The van der Waals surface area contributed by atoms with Gasteiger partial charge in [-0.2, -0.15) is 5.10 Å². The lowest BCUT2D eigenvalue weighted by atomic mass is 10.0. The van der Waals surface area contributed by atoms with Crippen LogP contribution in [0.2, 0.25) is 0 Å². The molecule has 0 aliphatic heterocycles. The molecule has 1 aromatic carbocycles. The highest BCUT2D eigenvalue weighted by Gasteiger charge is 2.12. The predicted molar refractivity (Wildman–Crippen MR) is 82.7 cm³/mol. The van der Waals surface area contributed by atoms with Crippen LogP contribution in [0.3, 0.4) is 0 Å². The Bertz CT molecular complexity index is 638. The molecule has 116 valence electrons. The number of carbonyl (C=O) groups is 2.